The average molecular weight is 260 g/mol. The van der Waals surface area contributed by atoms with Crippen molar-refractivity contribution >= 4 is 23.1 Å². The van der Waals surface area contributed by atoms with Gasteiger partial charge in [-0.05, 0) is 36.4 Å². The van der Waals surface area contributed by atoms with E-state index in [1.165, 1.54) is 6.07 Å². The Morgan fingerprint density at radius 2 is 2.00 bits per heavy atom. The Morgan fingerprint density at radius 3 is 2.61 bits per heavy atom. The van der Waals surface area contributed by atoms with Crippen LogP contribution in [0.2, 0.25) is 5.15 Å². The molecule has 2 rings (SSSR count). The van der Waals surface area contributed by atoms with Crippen LogP contribution >= 0.6 is 11.6 Å². The summed E-state index contributed by atoms with van der Waals surface area (Å²) in [5.41, 5.74) is 1.31. The highest BCUT2D eigenvalue weighted by atomic mass is 35.5. The molecule has 0 saturated heterocycles. The van der Waals surface area contributed by atoms with Crippen LogP contribution in [-0.4, -0.2) is 12.1 Å². The van der Waals surface area contributed by atoms with Crippen LogP contribution in [0.3, 0.4) is 0 Å². The molecule has 0 bridgehead atoms. The Labute approximate surface area is 110 Å². The van der Waals surface area contributed by atoms with Gasteiger partial charge in [-0.25, -0.2) is 4.98 Å². The molecule has 1 N–H and O–H groups in total. The van der Waals surface area contributed by atoms with Crippen LogP contribution in [0.4, 0.5) is 11.5 Å². The van der Waals surface area contributed by atoms with Crippen LogP contribution in [0.1, 0.15) is 5.56 Å². The third-order valence-corrected chi connectivity index (χ3v) is 2.48. The fourth-order valence-corrected chi connectivity index (χ4v) is 1.66. The van der Waals surface area contributed by atoms with Gasteiger partial charge in [0, 0.05) is 5.69 Å². The van der Waals surface area contributed by atoms with E-state index < -0.39 is 0 Å². The van der Waals surface area contributed by atoms with E-state index in [1.54, 1.807) is 13.2 Å². The highest BCUT2D eigenvalue weighted by Crippen LogP contribution is 2.20. The largest absolute Gasteiger partial charge is 0.497 e. The van der Waals surface area contributed by atoms with Gasteiger partial charge in [0.2, 0.25) is 0 Å². The minimum absolute atomic E-state index is 0.282. The van der Waals surface area contributed by atoms with E-state index in [9.17, 15) is 0 Å². The number of halogens is 1. The van der Waals surface area contributed by atoms with Gasteiger partial charge in [-0.1, -0.05) is 11.6 Å². The highest BCUT2D eigenvalue weighted by molar-refractivity contribution is 6.29. The summed E-state index contributed by atoms with van der Waals surface area (Å²) in [5.74, 6) is 1.31. The molecular weight excluding hydrogens is 250 g/mol. The number of hydrogen-bond acceptors (Lipinski definition) is 4. The molecule has 1 heterocycles. The summed E-state index contributed by atoms with van der Waals surface area (Å²) in [5, 5.41) is 12.2. The molecule has 2 aromatic rings. The van der Waals surface area contributed by atoms with E-state index in [0.29, 0.717) is 11.4 Å². The Morgan fingerprint density at radius 1 is 1.28 bits per heavy atom. The lowest BCUT2D eigenvalue weighted by atomic mass is 10.2. The second kappa shape index (κ2) is 5.39. The number of benzene rings is 1. The molecule has 18 heavy (non-hydrogen) atoms. The van der Waals surface area contributed by atoms with Crippen molar-refractivity contribution in [3.8, 4) is 11.8 Å². The predicted molar refractivity (Wildman–Crippen MR) is 70.2 cm³/mol. The van der Waals surface area contributed by atoms with Gasteiger partial charge in [-0.2, -0.15) is 5.26 Å². The SMILES string of the molecule is COc1ccc(Nc2cc(C#N)cc(Cl)n2)cc1. The van der Waals surface area contributed by atoms with E-state index in [0.717, 1.165) is 11.4 Å². The minimum atomic E-state index is 0.282. The van der Waals surface area contributed by atoms with Crippen LogP contribution in [0.5, 0.6) is 5.75 Å². The van der Waals surface area contributed by atoms with Gasteiger partial charge in [0.15, 0.2) is 0 Å². The molecule has 0 aliphatic heterocycles. The number of nitrogens with zero attached hydrogens (tertiary/aromatic N) is 2. The number of methoxy groups -OCH3 is 1. The lowest BCUT2D eigenvalue weighted by molar-refractivity contribution is 0.415. The molecule has 0 atom stereocenters. The average Bonchev–Trinajstić information content (AvgIpc) is 2.39. The Bertz CT molecular complexity index is 590. The first kappa shape index (κ1) is 12.2. The number of pyridine rings is 1. The van der Waals surface area contributed by atoms with Gasteiger partial charge in [0.25, 0.3) is 0 Å². The van der Waals surface area contributed by atoms with Crippen molar-refractivity contribution in [3.05, 3.63) is 47.1 Å². The molecule has 1 aromatic carbocycles. The van der Waals surface area contributed by atoms with Crippen LogP contribution in [0.15, 0.2) is 36.4 Å². The molecule has 0 spiro atoms. The van der Waals surface area contributed by atoms with Gasteiger partial charge in [0.1, 0.15) is 16.7 Å². The maximum absolute atomic E-state index is 8.84. The van der Waals surface area contributed by atoms with Gasteiger partial charge < -0.3 is 10.1 Å². The summed E-state index contributed by atoms with van der Waals surface area (Å²) in [6.45, 7) is 0. The second-order valence-electron chi connectivity index (χ2n) is 3.53. The summed E-state index contributed by atoms with van der Waals surface area (Å²) < 4.78 is 5.07. The Kier molecular flexibility index (Phi) is 3.66. The number of hydrogen-bond donors (Lipinski definition) is 1. The highest BCUT2D eigenvalue weighted by Gasteiger charge is 2.01. The van der Waals surface area contributed by atoms with Crippen molar-refractivity contribution in [1.82, 2.24) is 4.98 Å². The fraction of sp³-hybridized carbons (Fsp3) is 0.0769. The maximum atomic E-state index is 8.84. The third-order valence-electron chi connectivity index (χ3n) is 2.29. The first-order valence-corrected chi connectivity index (χ1v) is 5.58. The van der Waals surface area contributed by atoms with Gasteiger partial charge in [-0.3, -0.25) is 0 Å². The number of rotatable bonds is 3. The summed E-state index contributed by atoms with van der Waals surface area (Å²) in [7, 11) is 1.61. The number of ether oxygens (including phenoxy) is 1. The molecule has 1 aromatic heterocycles. The van der Waals surface area contributed by atoms with Gasteiger partial charge in [0.05, 0.1) is 18.7 Å². The summed E-state index contributed by atoms with van der Waals surface area (Å²) in [4.78, 5) is 4.09. The van der Waals surface area contributed by atoms with Crippen molar-refractivity contribution in [2.24, 2.45) is 0 Å². The van der Waals surface area contributed by atoms with E-state index in [4.69, 9.17) is 21.6 Å². The number of aromatic nitrogens is 1. The molecule has 5 heteroatoms. The first-order chi connectivity index (χ1) is 8.71. The van der Waals surface area contributed by atoms with Crippen LogP contribution in [0.25, 0.3) is 0 Å². The van der Waals surface area contributed by atoms with E-state index in [-0.39, 0.29) is 5.15 Å². The fourth-order valence-electron chi connectivity index (χ4n) is 1.45. The topological polar surface area (TPSA) is 57.9 Å². The minimum Gasteiger partial charge on any atom is -0.497 e. The molecule has 0 saturated carbocycles. The molecule has 0 amide bonds. The zero-order valence-electron chi connectivity index (χ0n) is 9.64. The summed E-state index contributed by atoms with van der Waals surface area (Å²) in [6, 6.07) is 12.5. The van der Waals surface area contributed by atoms with E-state index >= 15 is 0 Å². The van der Waals surface area contributed by atoms with Crippen molar-refractivity contribution in [2.75, 3.05) is 12.4 Å². The molecule has 4 nitrogen and oxygen atoms in total. The van der Waals surface area contributed by atoms with E-state index in [1.807, 2.05) is 30.3 Å². The molecular formula is C13H10ClN3O. The molecule has 0 aliphatic carbocycles. The monoisotopic (exact) mass is 259 g/mol. The number of nitriles is 1. The quantitative estimate of drug-likeness (QED) is 0.859. The molecule has 0 radical (unpaired) electrons. The second-order valence-corrected chi connectivity index (χ2v) is 3.92. The molecule has 0 unspecified atom stereocenters. The lowest BCUT2D eigenvalue weighted by Gasteiger charge is -2.07. The van der Waals surface area contributed by atoms with E-state index in [2.05, 4.69) is 10.3 Å². The molecule has 90 valence electrons. The summed E-state index contributed by atoms with van der Waals surface area (Å²) >= 11 is 5.82. The zero-order chi connectivity index (χ0) is 13.0. The normalized spacial score (nSPS) is 9.61. The smallest absolute Gasteiger partial charge is 0.133 e. The van der Waals surface area contributed by atoms with Crippen molar-refractivity contribution in [1.29, 1.82) is 5.26 Å². The Hall–Kier alpha value is -2.25. The first-order valence-electron chi connectivity index (χ1n) is 5.20. The standard InChI is InChI=1S/C13H10ClN3O/c1-18-11-4-2-10(3-5-11)16-13-7-9(8-15)6-12(14)17-13/h2-7H,1H3,(H,16,17). The van der Waals surface area contributed by atoms with Crippen LogP contribution in [0, 0.1) is 11.3 Å². The summed E-state index contributed by atoms with van der Waals surface area (Å²) in [6.07, 6.45) is 0. The molecule has 0 aliphatic rings. The van der Waals surface area contributed by atoms with Crippen molar-refractivity contribution in [3.63, 3.8) is 0 Å². The van der Waals surface area contributed by atoms with Gasteiger partial charge in [-0.15, -0.1) is 0 Å². The van der Waals surface area contributed by atoms with Crippen molar-refractivity contribution in [2.45, 2.75) is 0 Å². The number of nitrogens with one attached hydrogen (secondary N) is 1. The van der Waals surface area contributed by atoms with Crippen LogP contribution in [-0.2, 0) is 0 Å². The van der Waals surface area contributed by atoms with Crippen LogP contribution < -0.4 is 10.1 Å². The van der Waals surface area contributed by atoms with Crippen molar-refractivity contribution < 1.29 is 4.74 Å². The molecule has 0 fully saturated rings. The lowest BCUT2D eigenvalue weighted by Crippen LogP contribution is -1.94. The third kappa shape index (κ3) is 2.90. The zero-order valence-corrected chi connectivity index (χ0v) is 10.4. The number of anilines is 2. The van der Waals surface area contributed by atoms with Gasteiger partial charge >= 0.3 is 0 Å². The Balaban J connectivity index is 2.22. The predicted octanol–water partition coefficient (Wildman–Crippen LogP) is 3.36. The maximum Gasteiger partial charge on any atom is 0.133 e.